The molecule has 0 saturated heterocycles. The summed E-state index contributed by atoms with van der Waals surface area (Å²) in [6, 6.07) is 4.04. The Morgan fingerprint density at radius 3 is 2.94 bits per heavy atom. The molecule has 0 fully saturated rings. The lowest BCUT2D eigenvalue weighted by molar-refractivity contribution is 0.269. The molecule has 0 aliphatic carbocycles. The first-order chi connectivity index (χ1) is 8.28. The largest absolute Gasteiger partial charge is 0.394 e. The SMILES string of the molecule is Cc1ccc(CNc2cnn(CCO)c2)nc1. The Morgan fingerprint density at radius 1 is 1.35 bits per heavy atom. The average molecular weight is 232 g/mol. The lowest BCUT2D eigenvalue weighted by Crippen LogP contribution is -2.02. The first kappa shape index (κ1) is 11.6. The predicted octanol–water partition coefficient (Wildman–Crippen LogP) is 1.19. The molecule has 2 N–H and O–H groups in total. The third-order valence-corrected chi connectivity index (χ3v) is 2.41. The molecule has 0 radical (unpaired) electrons. The van der Waals surface area contributed by atoms with E-state index in [0.29, 0.717) is 13.1 Å². The van der Waals surface area contributed by atoms with Gasteiger partial charge in [0.15, 0.2) is 0 Å². The Kier molecular flexibility index (Phi) is 3.72. The summed E-state index contributed by atoms with van der Waals surface area (Å²) in [6.07, 6.45) is 5.46. The second kappa shape index (κ2) is 5.45. The first-order valence-electron chi connectivity index (χ1n) is 5.56. The smallest absolute Gasteiger partial charge is 0.0729 e. The quantitative estimate of drug-likeness (QED) is 0.813. The zero-order valence-corrected chi connectivity index (χ0v) is 9.80. The summed E-state index contributed by atoms with van der Waals surface area (Å²) >= 11 is 0. The van der Waals surface area contributed by atoms with Crippen LogP contribution in [0.4, 0.5) is 5.69 Å². The minimum absolute atomic E-state index is 0.0979. The first-order valence-corrected chi connectivity index (χ1v) is 5.56. The van der Waals surface area contributed by atoms with Gasteiger partial charge in [-0.15, -0.1) is 0 Å². The number of nitrogens with zero attached hydrogens (tertiary/aromatic N) is 3. The van der Waals surface area contributed by atoms with Gasteiger partial charge >= 0.3 is 0 Å². The molecule has 5 heteroatoms. The number of anilines is 1. The van der Waals surface area contributed by atoms with E-state index in [9.17, 15) is 0 Å². The van der Waals surface area contributed by atoms with Crippen LogP contribution in [0.5, 0.6) is 0 Å². The van der Waals surface area contributed by atoms with Crippen molar-refractivity contribution >= 4 is 5.69 Å². The molecule has 2 rings (SSSR count). The number of aromatic nitrogens is 3. The third-order valence-electron chi connectivity index (χ3n) is 2.41. The fourth-order valence-electron chi connectivity index (χ4n) is 1.48. The van der Waals surface area contributed by atoms with Gasteiger partial charge in [0.2, 0.25) is 0 Å². The number of pyridine rings is 1. The van der Waals surface area contributed by atoms with Gasteiger partial charge in [-0.25, -0.2) is 0 Å². The van der Waals surface area contributed by atoms with Gasteiger partial charge in [0.25, 0.3) is 0 Å². The fourth-order valence-corrected chi connectivity index (χ4v) is 1.48. The Balaban J connectivity index is 1.90. The number of aliphatic hydroxyl groups is 1. The second-order valence-corrected chi connectivity index (χ2v) is 3.90. The molecule has 2 aromatic rings. The fraction of sp³-hybridized carbons (Fsp3) is 0.333. The standard InChI is InChI=1S/C12H16N4O/c1-10-2-3-11(13-6-10)7-14-12-8-15-16(9-12)4-5-17/h2-3,6,8-9,14,17H,4-5,7H2,1H3. The predicted molar refractivity (Wildman–Crippen MR) is 65.6 cm³/mol. The highest BCUT2D eigenvalue weighted by Gasteiger charge is 1.98. The Bertz CT molecular complexity index is 464. The van der Waals surface area contributed by atoms with Crippen molar-refractivity contribution in [1.29, 1.82) is 0 Å². The van der Waals surface area contributed by atoms with Gasteiger partial charge in [-0.1, -0.05) is 6.07 Å². The summed E-state index contributed by atoms with van der Waals surface area (Å²) in [5.74, 6) is 0. The minimum Gasteiger partial charge on any atom is -0.394 e. The van der Waals surface area contributed by atoms with Crippen molar-refractivity contribution in [1.82, 2.24) is 14.8 Å². The van der Waals surface area contributed by atoms with Gasteiger partial charge < -0.3 is 10.4 Å². The van der Waals surface area contributed by atoms with Gasteiger partial charge in [-0.05, 0) is 18.6 Å². The molecule has 0 unspecified atom stereocenters. The van der Waals surface area contributed by atoms with E-state index >= 15 is 0 Å². The Hall–Kier alpha value is -1.88. The van der Waals surface area contributed by atoms with Gasteiger partial charge in [-0.3, -0.25) is 9.67 Å². The van der Waals surface area contributed by atoms with Gasteiger partial charge in [-0.2, -0.15) is 5.10 Å². The van der Waals surface area contributed by atoms with Crippen LogP contribution in [0.1, 0.15) is 11.3 Å². The molecule has 2 aromatic heterocycles. The maximum absolute atomic E-state index is 8.77. The van der Waals surface area contributed by atoms with Crippen molar-refractivity contribution < 1.29 is 5.11 Å². The van der Waals surface area contributed by atoms with Crippen molar-refractivity contribution in [3.63, 3.8) is 0 Å². The molecule has 5 nitrogen and oxygen atoms in total. The van der Waals surface area contributed by atoms with Crippen LogP contribution in [0, 0.1) is 6.92 Å². The molecule has 0 aromatic carbocycles. The van der Waals surface area contributed by atoms with E-state index in [1.54, 1.807) is 10.9 Å². The summed E-state index contributed by atoms with van der Waals surface area (Å²) in [4.78, 5) is 4.31. The van der Waals surface area contributed by atoms with Crippen LogP contribution >= 0.6 is 0 Å². The molecular formula is C12H16N4O. The molecule has 0 bridgehead atoms. The van der Waals surface area contributed by atoms with Crippen molar-refractivity contribution in [2.24, 2.45) is 0 Å². The second-order valence-electron chi connectivity index (χ2n) is 3.90. The van der Waals surface area contributed by atoms with Crippen LogP contribution < -0.4 is 5.32 Å². The summed E-state index contributed by atoms with van der Waals surface area (Å²) < 4.78 is 1.70. The molecule has 0 aliphatic heterocycles. The van der Waals surface area contributed by atoms with E-state index in [1.807, 2.05) is 31.5 Å². The van der Waals surface area contributed by atoms with E-state index in [4.69, 9.17) is 5.11 Å². The molecule has 0 saturated carbocycles. The average Bonchev–Trinajstić information content (AvgIpc) is 2.77. The highest BCUT2D eigenvalue weighted by atomic mass is 16.3. The highest BCUT2D eigenvalue weighted by molar-refractivity contribution is 5.38. The zero-order valence-electron chi connectivity index (χ0n) is 9.80. The summed E-state index contributed by atoms with van der Waals surface area (Å²) in [6.45, 7) is 3.30. The highest BCUT2D eigenvalue weighted by Crippen LogP contribution is 2.07. The van der Waals surface area contributed by atoms with Gasteiger partial charge in [0.05, 0.1) is 37.3 Å². The van der Waals surface area contributed by atoms with Crippen LogP contribution in [0.2, 0.25) is 0 Å². The lowest BCUT2D eigenvalue weighted by atomic mass is 10.3. The molecule has 0 atom stereocenters. The molecule has 90 valence electrons. The third kappa shape index (κ3) is 3.29. The molecule has 17 heavy (non-hydrogen) atoms. The molecule has 2 heterocycles. The number of aliphatic hydroxyl groups excluding tert-OH is 1. The lowest BCUT2D eigenvalue weighted by Gasteiger charge is -2.03. The van der Waals surface area contributed by atoms with E-state index in [1.165, 1.54) is 0 Å². The number of nitrogens with one attached hydrogen (secondary N) is 1. The zero-order chi connectivity index (χ0) is 12.1. The van der Waals surface area contributed by atoms with Crippen LogP contribution in [-0.2, 0) is 13.1 Å². The number of hydrogen-bond acceptors (Lipinski definition) is 4. The Labute approximate surface area is 100 Å². The number of rotatable bonds is 5. The maximum atomic E-state index is 8.77. The summed E-state index contributed by atoms with van der Waals surface area (Å²) in [5.41, 5.74) is 3.08. The van der Waals surface area contributed by atoms with E-state index in [0.717, 1.165) is 16.9 Å². The molecule has 0 aliphatic rings. The molecular weight excluding hydrogens is 216 g/mol. The minimum atomic E-state index is 0.0979. The molecule has 0 spiro atoms. The number of aryl methyl sites for hydroxylation is 1. The molecule has 0 amide bonds. The van der Waals surface area contributed by atoms with Crippen molar-refractivity contribution in [2.75, 3.05) is 11.9 Å². The maximum Gasteiger partial charge on any atom is 0.0729 e. The van der Waals surface area contributed by atoms with Crippen LogP contribution in [-0.4, -0.2) is 26.5 Å². The van der Waals surface area contributed by atoms with Crippen LogP contribution in [0.15, 0.2) is 30.7 Å². The topological polar surface area (TPSA) is 63.0 Å². The monoisotopic (exact) mass is 232 g/mol. The van der Waals surface area contributed by atoms with E-state index in [2.05, 4.69) is 15.4 Å². The van der Waals surface area contributed by atoms with Crippen molar-refractivity contribution in [3.05, 3.63) is 42.0 Å². The van der Waals surface area contributed by atoms with E-state index in [-0.39, 0.29) is 6.61 Å². The van der Waals surface area contributed by atoms with Gasteiger partial charge in [0, 0.05) is 12.4 Å². The summed E-state index contributed by atoms with van der Waals surface area (Å²) in [5, 5.41) is 16.1. The Morgan fingerprint density at radius 2 is 2.24 bits per heavy atom. The van der Waals surface area contributed by atoms with Crippen LogP contribution in [0.25, 0.3) is 0 Å². The van der Waals surface area contributed by atoms with Crippen molar-refractivity contribution in [3.8, 4) is 0 Å². The number of hydrogen-bond donors (Lipinski definition) is 2. The van der Waals surface area contributed by atoms with Crippen LogP contribution in [0.3, 0.4) is 0 Å². The van der Waals surface area contributed by atoms with Gasteiger partial charge in [0.1, 0.15) is 0 Å². The summed E-state index contributed by atoms with van der Waals surface area (Å²) in [7, 11) is 0. The normalized spacial score (nSPS) is 10.5. The van der Waals surface area contributed by atoms with Crippen molar-refractivity contribution in [2.45, 2.75) is 20.0 Å². The van der Waals surface area contributed by atoms with E-state index < -0.39 is 0 Å².